The van der Waals surface area contributed by atoms with Crippen LogP contribution in [0.1, 0.15) is 35.5 Å². The van der Waals surface area contributed by atoms with Gasteiger partial charge < -0.3 is 14.0 Å². The van der Waals surface area contributed by atoms with Crippen molar-refractivity contribution in [2.75, 3.05) is 6.61 Å². The van der Waals surface area contributed by atoms with E-state index >= 15 is 0 Å². The van der Waals surface area contributed by atoms with E-state index in [9.17, 15) is 36.1 Å². The Bertz CT molecular complexity index is 1650. The molecule has 14 heteroatoms. The minimum atomic E-state index is -3.79. The van der Waals surface area contributed by atoms with Gasteiger partial charge in [0.25, 0.3) is 0 Å². The third kappa shape index (κ3) is 6.97. The Hall–Kier alpha value is -3.80. The zero-order chi connectivity index (χ0) is 30.6. The van der Waals surface area contributed by atoms with Crippen LogP contribution in [0.3, 0.4) is 0 Å². The lowest BCUT2D eigenvalue weighted by molar-refractivity contribution is -0.145. The van der Waals surface area contributed by atoms with E-state index in [1.165, 1.54) is 13.0 Å². The molecule has 4 rings (SSSR count). The molecular weight excluding hydrogens is 604 g/mol. The summed E-state index contributed by atoms with van der Waals surface area (Å²) in [6.07, 6.45) is 0.414. The number of nitrogens with one attached hydrogen (secondary N) is 1. The van der Waals surface area contributed by atoms with Crippen molar-refractivity contribution < 1.29 is 50.1 Å². The zero-order valence-corrected chi connectivity index (χ0v) is 23.8. The first-order valence-corrected chi connectivity index (χ1v) is 15.1. The van der Waals surface area contributed by atoms with E-state index in [1.54, 1.807) is 48.5 Å². The molecule has 1 unspecified atom stereocenters. The van der Waals surface area contributed by atoms with Crippen LogP contribution in [0, 0.1) is 29.1 Å². The SMILES string of the molecule is CCCOC(=O)[C@H](C)NP(=O)(Cc1ccc2sc(C(=O)Oc3c(F)c(F)c(F)c(F)c3F)cc2c1)Oc1ccccc1. The highest BCUT2D eigenvalue weighted by Gasteiger charge is 2.32. The normalized spacial score (nSPS) is 13.4. The van der Waals surface area contributed by atoms with Gasteiger partial charge in [-0.3, -0.25) is 9.36 Å². The van der Waals surface area contributed by atoms with Gasteiger partial charge in [0, 0.05) is 4.70 Å². The zero-order valence-electron chi connectivity index (χ0n) is 22.1. The fraction of sp³-hybridized carbons (Fsp3) is 0.214. The number of thiophene rings is 1. The largest absolute Gasteiger partial charge is 0.465 e. The summed E-state index contributed by atoms with van der Waals surface area (Å²) < 4.78 is 98.2. The predicted molar refractivity (Wildman–Crippen MR) is 145 cm³/mol. The van der Waals surface area contributed by atoms with Gasteiger partial charge in [-0.15, -0.1) is 11.3 Å². The van der Waals surface area contributed by atoms with Gasteiger partial charge in [0.05, 0.1) is 12.8 Å². The molecule has 3 aromatic carbocycles. The molecule has 0 spiro atoms. The quantitative estimate of drug-likeness (QED) is 0.0460. The molecule has 0 saturated heterocycles. The predicted octanol–water partition coefficient (Wildman–Crippen LogP) is 7.52. The lowest BCUT2D eigenvalue weighted by atomic mass is 10.2. The first kappa shape index (κ1) is 31.1. The second-order valence-electron chi connectivity index (χ2n) is 9.03. The third-order valence-corrected chi connectivity index (χ3v) is 8.89. The number of carbonyl (C=O) groups is 2. The molecule has 0 aliphatic carbocycles. The summed E-state index contributed by atoms with van der Waals surface area (Å²) in [6.45, 7) is 3.52. The first-order chi connectivity index (χ1) is 19.9. The molecule has 0 saturated carbocycles. The summed E-state index contributed by atoms with van der Waals surface area (Å²) in [6, 6.07) is 13.4. The topological polar surface area (TPSA) is 90.9 Å². The van der Waals surface area contributed by atoms with Crippen LogP contribution in [0.15, 0.2) is 54.6 Å². The summed E-state index contributed by atoms with van der Waals surface area (Å²) in [4.78, 5) is 24.7. The van der Waals surface area contributed by atoms with E-state index in [0.717, 1.165) is 11.3 Å². The molecule has 0 amide bonds. The minimum absolute atomic E-state index is 0.191. The van der Waals surface area contributed by atoms with Crippen molar-refractivity contribution in [3.8, 4) is 11.5 Å². The van der Waals surface area contributed by atoms with Gasteiger partial charge in [-0.1, -0.05) is 31.2 Å². The molecule has 7 nitrogen and oxygen atoms in total. The number of halogens is 5. The summed E-state index contributed by atoms with van der Waals surface area (Å²) in [5.41, 5.74) is 0.473. The average molecular weight is 628 g/mol. The van der Waals surface area contributed by atoms with Crippen molar-refractivity contribution in [3.05, 3.63) is 94.1 Å². The summed E-state index contributed by atoms with van der Waals surface area (Å²) >= 11 is 0.841. The molecule has 2 atom stereocenters. The van der Waals surface area contributed by atoms with Crippen molar-refractivity contribution in [3.63, 3.8) is 0 Å². The maximum Gasteiger partial charge on any atom is 0.353 e. The van der Waals surface area contributed by atoms with E-state index in [1.807, 2.05) is 6.92 Å². The molecule has 1 heterocycles. The molecule has 0 bridgehead atoms. The number of rotatable bonds is 11. The molecule has 0 aliphatic rings. The first-order valence-electron chi connectivity index (χ1n) is 12.5. The van der Waals surface area contributed by atoms with Gasteiger partial charge in [-0.2, -0.15) is 8.78 Å². The van der Waals surface area contributed by atoms with Crippen LogP contribution in [0.4, 0.5) is 22.0 Å². The van der Waals surface area contributed by atoms with Gasteiger partial charge in [-0.25, -0.2) is 23.1 Å². The molecule has 0 aliphatic heterocycles. The molecule has 4 aromatic rings. The van der Waals surface area contributed by atoms with Gasteiger partial charge in [0.15, 0.2) is 0 Å². The maximum absolute atomic E-state index is 14.0. The molecule has 1 aromatic heterocycles. The van der Waals surface area contributed by atoms with Gasteiger partial charge in [0.1, 0.15) is 16.7 Å². The number of para-hydroxylation sites is 1. The summed E-state index contributed by atoms with van der Waals surface area (Å²) in [5, 5.41) is 3.18. The van der Waals surface area contributed by atoms with Crippen LogP contribution in [0.25, 0.3) is 10.1 Å². The second kappa shape index (κ2) is 13.0. The minimum Gasteiger partial charge on any atom is -0.465 e. The van der Waals surface area contributed by atoms with E-state index in [-0.39, 0.29) is 23.4 Å². The summed E-state index contributed by atoms with van der Waals surface area (Å²) in [7, 11) is -3.79. The van der Waals surface area contributed by atoms with Crippen molar-refractivity contribution in [2.24, 2.45) is 0 Å². The molecule has 1 N–H and O–H groups in total. The summed E-state index contributed by atoms with van der Waals surface area (Å²) in [5.74, 6) is -14.8. The van der Waals surface area contributed by atoms with Crippen LogP contribution in [-0.2, 0) is 20.3 Å². The molecule has 222 valence electrons. The lowest BCUT2D eigenvalue weighted by Gasteiger charge is -2.24. The van der Waals surface area contributed by atoms with Gasteiger partial charge in [0.2, 0.25) is 34.8 Å². The fourth-order valence-corrected chi connectivity index (χ4v) is 6.74. The average Bonchev–Trinajstić information content (AvgIpc) is 3.40. The number of hydrogen-bond donors (Lipinski definition) is 1. The standard InChI is InChI=1S/C28H23F5NO6PS/c1-3-11-38-27(35)15(2)34-41(37,40-18-7-5-4-6-8-18)14-16-9-10-19-17(12-16)13-20(42-19)28(36)39-26-24(32)22(30)21(29)23(31)25(26)33/h4-10,12-13,15H,3,11,14H2,1-2H3,(H,34,37)/t15-,41?/m0/s1. The number of esters is 2. The smallest absolute Gasteiger partial charge is 0.353 e. The lowest BCUT2D eigenvalue weighted by Crippen LogP contribution is -2.35. The Morgan fingerprint density at radius 3 is 2.21 bits per heavy atom. The highest BCUT2D eigenvalue weighted by Crippen LogP contribution is 2.47. The highest BCUT2D eigenvalue weighted by atomic mass is 32.1. The molecular formula is C28H23F5NO6PS. The second-order valence-corrected chi connectivity index (χ2v) is 12.2. The number of hydrogen-bond acceptors (Lipinski definition) is 7. The number of ether oxygens (including phenoxy) is 2. The number of fused-ring (bicyclic) bond motifs is 1. The Labute approximate surface area is 240 Å². The molecule has 0 fully saturated rings. The Balaban J connectivity index is 1.59. The van der Waals surface area contributed by atoms with Gasteiger partial charge >= 0.3 is 19.5 Å². The Morgan fingerprint density at radius 2 is 1.57 bits per heavy atom. The maximum atomic E-state index is 14.0. The van der Waals surface area contributed by atoms with E-state index in [4.69, 9.17) is 9.26 Å². The van der Waals surface area contributed by atoms with E-state index < -0.39 is 60.3 Å². The van der Waals surface area contributed by atoms with Crippen molar-refractivity contribution >= 4 is 40.9 Å². The fourth-order valence-electron chi connectivity index (χ4n) is 3.78. The van der Waals surface area contributed by atoms with E-state index in [2.05, 4.69) is 9.82 Å². The monoisotopic (exact) mass is 627 g/mol. The van der Waals surface area contributed by atoms with Crippen molar-refractivity contribution in [2.45, 2.75) is 32.5 Å². The van der Waals surface area contributed by atoms with Crippen LogP contribution >= 0.6 is 18.9 Å². The number of carbonyl (C=O) groups excluding carboxylic acids is 2. The Kier molecular flexibility index (Phi) is 9.65. The highest BCUT2D eigenvalue weighted by molar-refractivity contribution is 7.56. The van der Waals surface area contributed by atoms with Crippen LogP contribution < -0.4 is 14.3 Å². The number of benzene rings is 3. The molecule has 0 radical (unpaired) electrons. The van der Waals surface area contributed by atoms with E-state index in [0.29, 0.717) is 22.1 Å². The van der Waals surface area contributed by atoms with Gasteiger partial charge in [-0.05, 0) is 54.6 Å². The molecule has 42 heavy (non-hydrogen) atoms. The van der Waals surface area contributed by atoms with Crippen LogP contribution in [0.2, 0.25) is 0 Å². The van der Waals surface area contributed by atoms with Crippen LogP contribution in [-0.4, -0.2) is 24.6 Å². The van der Waals surface area contributed by atoms with Crippen molar-refractivity contribution in [1.29, 1.82) is 0 Å². The Morgan fingerprint density at radius 1 is 0.929 bits per heavy atom. The van der Waals surface area contributed by atoms with Crippen molar-refractivity contribution in [1.82, 2.24) is 5.09 Å². The van der Waals surface area contributed by atoms with Crippen LogP contribution in [0.5, 0.6) is 11.5 Å². The third-order valence-electron chi connectivity index (χ3n) is 5.73.